The van der Waals surface area contributed by atoms with Crippen molar-refractivity contribution in [3.8, 4) is 17.6 Å². The molecule has 3 aliphatic rings. The first-order chi connectivity index (χ1) is 12.7. The van der Waals surface area contributed by atoms with Crippen LogP contribution in [-0.2, 0) is 0 Å². The molecule has 0 spiro atoms. The normalized spacial score (nSPS) is 19.3. The van der Waals surface area contributed by atoms with Gasteiger partial charge in [-0.1, -0.05) is 17.1 Å². The summed E-state index contributed by atoms with van der Waals surface area (Å²) in [5.41, 5.74) is 20.8. The van der Waals surface area contributed by atoms with E-state index < -0.39 is 0 Å². The number of aromatic nitrogens is 1. The Morgan fingerprint density at radius 3 is 3.00 bits per heavy atom. The number of nitrogens with two attached hydrogens (primary N) is 1. The van der Waals surface area contributed by atoms with Crippen LogP contribution in [0.15, 0.2) is 28.8 Å². The highest BCUT2D eigenvalue weighted by Gasteiger charge is 2.27. The molecule has 0 bridgehead atoms. The van der Waals surface area contributed by atoms with Gasteiger partial charge in [0, 0.05) is 23.9 Å². The Morgan fingerprint density at radius 2 is 2.27 bits per heavy atom. The van der Waals surface area contributed by atoms with Crippen molar-refractivity contribution in [1.29, 1.82) is 5.53 Å². The van der Waals surface area contributed by atoms with Crippen molar-refractivity contribution >= 4 is 11.5 Å². The van der Waals surface area contributed by atoms with E-state index in [9.17, 15) is 0 Å². The number of hydrogen-bond donors (Lipinski definition) is 4. The smallest absolute Gasteiger partial charge is 0.156 e. The molecule has 5 N–H and O–H groups in total. The van der Waals surface area contributed by atoms with Crippen LogP contribution in [0.1, 0.15) is 36.9 Å². The van der Waals surface area contributed by atoms with Crippen molar-refractivity contribution < 1.29 is 4.74 Å². The van der Waals surface area contributed by atoms with E-state index in [1.165, 1.54) is 12.8 Å². The molecule has 0 aromatic carbocycles. The van der Waals surface area contributed by atoms with E-state index in [-0.39, 0.29) is 11.9 Å². The molecule has 2 aliphatic carbocycles. The predicted octanol–water partition coefficient (Wildman–Crippen LogP) is 1.31. The van der Waals surface area contributed by atoms with Crippen LogP contribution in [0.4, 0.5) is 0 Å². The van der Waals surface area contributed by atoms with Crippen molar-refractivity contribution in [2.45, 2.75) is 31.8 Å². The summed E-state index contributed by atoms with van der Waals surface area (Å²) in [5.74, 6) is 7.75. The fourth-order valence-corrected chi connectivity index (χ4v) is 2.41. The van der Waals surface area contributed by atoms with E-state index in [0.717, 1.165) is 18.5 Å². The predicted molar refractivity (Wildman–Crippen MR) is 95.2 cm³/mol. The molecule has 0 amide bonds. The fourth-order valence-electron chi connectivity index (χ4n) is 2.41. The number of nitrogens with zero attached hydrogens (tertiary/aromatic N) is 4. The maximum Gasteiger partial charge on any atom is 0.156 e. The molecule has 2 fully saturated rings. The second-order valence-electron chi connectivity index (χ2n) is 6.48. The van der Waals surface area contributed by atoms with Gasteiger partial charge in [-0.3, -0.25) is 5.01 Å². The van der Waals surface area contributed by atoms with Gasteiger partial charge < -0.3 is 15.9 Å². The largest absolute Gasteiger partial charge is 0.488 e. The Bertz CT molecular complexity index is 829. The summed E-state index contributed by atoms with van der Waals surface area (Å²) in [4.78, 5) is 4.48. The zero-order chi connectivity index (χ0) is 17.9. The number of nitrogens with one attached hydrogen (secondary N) is 3. The molecule has 9 heteroatoms. The minimum Gasteiger partial charge on any atom is -0.488 e. The summed E-state index contributed by atoms with van der Waals surface area (Å²) >= 11 is 0. The van der Waals surface area contributed by atoms with Crippen molar-refractivity contribution in [2.24, 2.45) is 22.0 Å². The molecule has 1 aliphatic heterocycles. The van der Waals surface area contributed by atoms with Crippen molar-refractivity contribution in [2.75, 3.05) is 6.54 Å². The molecule has 0 radical (unpaired) electrons. The van der Waals surface area contributed by atoms with Gasteiger partial charge >= 0.3 is 0 Å². The van der Waals surface area contributed by atoms with Gasteiger partial charge in [-0.2, -0.15) is 5.53 Å². The average molecular weight is 352 g/mol. The third-order valence-corrected chi connectivity index (χ3v) is 4.13. The number of hydrazine groups is 2. The van der Waals surface area contributed by atoms with Gasteiger partial charge in [-0.05, 0) is 31.7 Å². The molecular weight excluding hydrogens is 332 g/mol. The lowest BCUT2D eigenvalue weighted by molar-refractivity contribution is 0.298. The van der Waals surface area contributed by atoms with Crippen molar-refractivity contribution in [3.63, 3.8) is 0 Å². The first-order valence-electron chi connectivity index (χ1n) is 8.59. The molecule has 9 nitrogen and oxygen atoms in total. The van der Waals surface area contributed by atoms with Gasteiger partial charge in [-0.25, -0.2) is 4.98 Å². The van der Waals surface area contributed by atoms with Crippen LogP contribution in [0.5, 0.6) is 5.75 Å². The Morgan fingerprint density at radius 1 is 1.42 bits per heavy atom. The summed E-state index contributed by atoms with van der Waals surface area (Å²) in [6.45, 7) is 0.592. The molecule has 1 aromatic rings. The van der Waals surface area contributed by atoms with Gasteiger partial charge in [0.25, 0.3) is 0 Å². The van der Waals surface area contributed by atoms with Crippen LogP contribution in [0.3, 0.4) is 0 Å². The van der Waals surface area contributed by atoms with Crippen LogP contribution in [0.25, 0.3) is 5.70 Å². The van der Waals surface area contributed by atoms with Crippen LogP contribution < -0.4 is 21.4 Å². The standard InChI is InChI=1S/C17H20N8O/c18-17(22-23-19)12-8-15(26-13-5-6-13)16(20-9-12)14-10-25(24-21-14)7-1-2-11-3-4-11/h8-11,13,21,24H,3-7H2,(H3,18,19,22). The van der Waals surface area contributed by atoms with E-state index >= 15 is 0 Å². The molecule has 0 saturated heterocycles. The monoisotopic (exact) mass is 352 g/mol. The van der Waals surface area contributed by atoms with Gasteiger partial charge in [0.2, 0.25) is 0 Å². The minimum absolute atomic E-state index is 0.128. The number of pyridine rings is 1. The summed E-state index contributed by atoms with van der Waals surface area (Å²) in [5, 5.41) is 8.38. The molecule has 2 saturated carbocycles. The first-order valence-corrected chi connectivity index (χ1v) is 8.59. The van der Waals surface area contributed by atoms with E-state index in [0.29, 0.717) is 29.5 Å². The second-order valence-corrected chi connectivity index (χ2v) is 6.48. The molecular formula is C17H20N8O. The average Bonchev–Trinajstić information content (AvgIpc) is 3.56. The maximum atomic E-state index is 6.81. The van der Waals surface area contributed by atoms with E-state index in [4.69, 9.17) is 16.0 Å². The van der Waals surface area contributed by atoms with Crippen molar-refractivity contribution in [3.05, 3.63) is 29.7 Å². The van der Waals surface area contributed by atoms with Crippen LogP contribution in [0, 0.1) is 23.3 Å². The van der Waals surface area contributed by atoms with Gasteiger partial charge in [0.15, 0.2) is 5.84 Å². The lowest BCUT2D eigenvalue weighted by Crippen LogP contribution is -2.36. The van der Waals surface area contributed by atoms with E-state index in [1.807, 2.05) is 11.2 Å². The lowest BCUT2D eigenvalue weighted by atomic mass is 10.2. The second kappa shape index (κ2) is 7.01. The summed E-state index contributed by atoms with van der Waals surface area (Å²) in [6, 6.07) is 1.78. The lowest BCUT2D eigenvalue weighted by Gasteiger charge is -2.12. The van der Waals surface area contributed by atoms with E-state index in [2.05, 4.69) is 38.1 Å². The Hall–Kier alpha value is -3.12. The molecule has 0 atom stereocenters. The fraction of sp³-hybridized carbons (Fsp3) is 0.412. The first kappa shape index (κ1) is 16.4. The molecule has 4 rings (SSSR count). The quantitative estimate of drug-likeness (QED) is 0.201. The molecule has 134 valence electrons. The number of hydrogen-bond acceptors (Lipinski definition) is 7. The molecule has 0 unspecified atom stereocenters. The van der Waals surface area contributed by atoms with Crippen LogP contribution in [-0.4, -0.2) is 28.5 Å². The van der Waals surface area contributed by atoms with Gasteiger partial charge in [-0.15, -0.1) is 10.6 Å². The van der Waals surface area contributed by atoms with Crippen LogP contribution in [0.2, 0.25) is 0 Å². The number of amidine groups is 1. The Kier molecular flexibility index (Phi) is 4.41. The van der Waals surface area contributed by atoms with Gasteiger partial charge in [0.1, 0.15) is 11.4 Å². The highest BCUT2D eigenvalue weighted by atomic mass is 16.5. The third-order valence-electron chi connectivity index (χ3n) is 4.13. The zero-order valence-electron chi connectivity index (χ0n) is 14.2. The highest BCUT2D eigenvalue weighted by Crippen LogP contribution is 2.32. The summed E-state index contributed by atoms with van der Waals surface area (Å²) in [6.07, 6.45) is 8.22. The van der Waals surface area contributed by atoms with E-state index in [1.54, 1.807) is 12.3 Å². The van der Waals surface area contributed by atoms with Crippen LogP contribution >= 0.6 is 0 Å². The molecule has 2 heterocycles. The van der Waals surface area contributed by atoms with Crippen molar-refractivity contribution in [1.82, 2.24) is 21.0 Å². The maximum absolute atomic E-state index is 6.81. The zero-order valence-corrected chi connectivity index (χ0v) is 14.2. The topological polar surface area (TPSA) is 124 Å². The minimum atomic E-state index is 0.128. The SMILES string of the molecule is N=NN=C(N)c1cnc(C2=CN(CC#CC3CC3)NN2)c(OC2CC2)c1. The Labute approximate surface area is 151 Å². The highest BCUT2D eigenvalue weighted by molar-refractivity contribution is 5.97. The number of rotatable bonds is 6. The molecule has 26 heavy (non-hydrogen) atoms. The summed E-state index contributed by atoms with van der Waals surface area (Å²) in [7, 11) is 0. The molecule has 1 aromatic heterocycles. The number of ether oxygens (including phenoxy) is 1. The Balaban J connectivity index is 1.55. The summed E-state index contributed by atoms with van der Waals surface area (Å²) < 4.78 is 5.99. The van der Waals surface area contributed by atoms with Gasteiger partial charge in [0.05, 0.1) is 18.3 Å². The third kappa shape index (κ3) is 3.92.